The molecular formula is C16H17ClN2O2. The normalized spacial score (nSPS) is 10.2. The van der Waals surface area contributed by atoms with E-state index in [2.05, 4.69) is 5.32 Å². The lowest BCUT2D eigenvalue weighted by Crippen LogP contribution is -2.09. The molecule has 0 heterocycles. The summed E-state index contributed by atoms with van der Waals surface area (Å²) in [5.74, 6) is -0.443. The molecule has 2 aromatic carbocycles. The molecule has 0 amide bonds. The Balaban J connectivity index is 2.21. The molecule has 5 heteroatoms. The second kappa shape index (κ2) is 6.50. The van der Waals surface area contributed by atoms with Gasteiger partial charge < -0.3 is 15.8 Å². The third-order valence-electron chi connectivity index (χ3n) is 3.18. The van der Waals surface area contributed by atoms with Crippen LogP contribution in [0.3, 0.4) is 0 Å². The van der Waals surface area contributed by atoms with E-state index in [0.29, 0.717) is 22.8 Å². The van der Waals surface area contributed by atoms with E-state index in [1.165, 1.54) is 7.11 Å². The molecule has 0 saturated heterocycles. The lowest BCUT2D eigenvalue weighted by Gasteiger charge is -2.12. The molecule has 3 N–H and O–H groups in total. The van der Waals surface area contributed by atoms with Crippen molar-refractivity contribution in [2.24, 2.45) is 0 Å². The van der Waals surface area contributed by atoms with Crippen molar-refractivity contribution in [3.8, 4) is 0 Å². The highest BCUT2D eigenvalue weighted by atomic mass is 35.5. The Kier molecular flexibility index (Phi) is 4.70. The summed E-state index contributed by atoms with van der Waals surface area (Å²) in [4.78, 5) is 11.7. The Hall–Kier alpha value is -2.20. The number of nitrogens with two attached hydrogens (primary N) is 1. The van der Waals surface area contributed by atoms with E-state index >= 15 is 0 Å². The van der Waals surface area contributed by atoms with E-state index in [0.717, 1.165) is 16.8 Å². The lowest BCUT2D eigenvalue weighted by atomic mass is 10.1. The van der Waals surface area contributed by atoms with E-state index in [9.17, 15) is 4.79 Å². The predicted octanol–water partition coefficient (Wildman–Crippen LogP) is 3.63. The SMILES string of the molecule is COC(=O)c1cc(NCc2cccc(Cl)c2)cc(C)c1N. The molecule has 0 aliphatic carbocycles. The molecule has 0 aliphatic heterocycles. The summed E-state index contributed by atoms with van der Waals surface area (Å²) in [6.45, 7) is 2.46. The molecule has 2 aromatic rings. The number of carbonyl (C=O) groups excluding carboxylic acids is 1. The molecule has 0 fully saturated rings. The number of methoxy groups -OCH3 is 1. The third-order valence-corrected chi connectivity index (χ3v) is 3.41. The standard InChI is InChI=1S/C16H17ClN2O2/c1-10-6-13(8-14(15(10)18)16(20)21-2)19-9-11-4-3-5-12(17)7-11/h3-8,19H,9,18H2,1-2H3. The van der Waals surface area contributed by atoms with E-state index in [-0.39, 0.29) is 0 Å². The topological polar surface area (TPSA) is 64.3 Å². The quantitative estimate of drug-likeness (QED) is 0.669. The van der Waals surface area contributed by atoms with Crippen LogP contribution in [-0.4, -0.2) is 13.1 Å². The highest BCUT2D eigenvalue weighted by Crippen LogP contribution is 2.24. The fraction of sp³-hybridized carbons (Fsp3) is 0.188. The zero-order chi connectivity index (χ0) is 15.4. The number of esters is 1. The molecule has 0 radical (unpaired) electrons. The highest BCUT2D eigenvalue weighted by Gasteiger charge is 2.13. The van der Waals surface area contributed by atoms with Crippen LogP contribution in [0.15, 0.2) is 36.4 Å². The Bertz CT molecular complexity index is 671. The van der Waals surface area contributed by atoms with Crippen LogP contribution in [0.1, 0.15) is 21.5 Å². The third kappa shape index (κ3) is 3.67. The first kappa shape index (κ1) is 15.2. The van der Waals surface area contributed by atoms with Crippen molar-refractivity contribution in [2.75, 3.05) is 18.2 Å². The minimum atomic E-state index is -0.443. The average Bonchev–Trinajstić information content (AvgIpc) is 2.47. The van der Waals surface area contributed by atoms with Crippen molar-refractivity contribution >= 4 is 28.9 Å². The van der Waals surface area contributed by atoms with Crippen molar-refractivity contribution in [3.63, 3.8) is 0 Å². The largest absolute Gasteiger partial charge is 0.465 e. The van der Waals surface area contributed by atoms with Crippen LogP contribution in [-0.2, 0) is 11.3 Å². The Morgan fingerprint density at radius 2 is 2.10 bits per heavy atom. The second-order valence-electron chi connectivity index (χ2n) is 4.73. The van der Waals surface area contributed by atoms with Gasteiger partial charge in [-0.05, 0) is 42.3 Å². The van der Waals surface area contributed by atoms with Crippen LogP contribution >= 0.6 is 11.6 Å². The second-order valence-corrected chi connectivity index (χ2v) is 5.17. The number of aryl methyl sites for hydroxylation is 1. The van der Waals surface area contributed by atoms with Crippen LogP contribution in [0.2, 0.25) is 5.02 Å². The first-order valence-electron chi connectivity index (χ1n) is 6.48. The summed E-state index contributed by atoms with van der Waals surface area (Å²) in [7, 11) is 1.34. The van der Waals surface area contributed by atoms with Crippen molar-refractivity contribution in [1.82, 2.24) is 0 Å². The molecule has 0 saturated carbocycles. The summed E-state index contributed by atoms with van der Waals surface area (Å²) in [5, 5.41) is 3.95. The number of nitrogen functional groups attached to an aromatic ring is 1. The molecular weight excluding hydrogens is 288 g/mol. The summed E-state index contributed by atoms with van der Waals surface area (Å²) in [6, 6.07) is 11.2. The number of rotatable bonds is 4. The number of benzene rings is 2. The number of nitrogens with one attached hydrogen (secondary N) is 1. The van der Waals surface area contributed by atoms with Gasteiger partial charge in [0.05, 0.1) is 12.7 Å². The van der Waals surface area contributed by atoms with Crippen molar-refractivity contribution < 1.29 is 9.53 Å². The number of carbonyl (C=O) groups is 1. The summed E-state index contributed by atoms with van der Waals surface area (Å²) in [5.41, 5.74) is 9.40. The first-order chi connectivity index (χ1) is 10.0. The predicted molar refractivity (Wildman–Crippen MR) is 85.7 cm³/mol. The van der Waals surface area contributed by atoms with Gasteiger partial charge in [-0.25, -0.2) is 4.79 Å². The number of ether oxygens (including phenoxy) is 1. The fourth-order valence-corrected chi connectivity index (χ4v) is 2.24. The molecule has 0 aliphatic rings. The number of hydrogen-bond acceptors (Lipinski definition) is 4. The highest BCUT2D eigenvalue weighted by molar-refractivity contribution is 6.30. The maximum Gasteiger partial charge on any atom is 0.340 e. The van der Waals surface area contributed by atoms with Crippen LogP contribution < -0.4 is 11.1 Å². The van der Waals surface area contributed by atoms with Crippen molar-refractivity contribution in [3.05, 3.63) is 58.1 Å². The summed E-state index contributed by atoms with van der Waals surface area (Å²) >= 11 is 5.95. The van der Waals surface area contributed by atoms with Crippen LogP contribution in [0.25, 0.3) is 0 Å². The fourth-order valence-electron chi connectivity index (χ4n) is 2.03. The van der Waals surface area contributed by atoms with Gasteiger partial charge in [-0.1, -0.05) is 23.7 Å². The summed E-state index contributed by atoms with van der Waals surface area (Å²) < 4.78 is 4.74. The number of halogens is 1. The molecule has 0 spiro atoms. The van der Waals surface area contributed by atoms with Crippen LogP contribution in [0.5, 0.6) is 0 Å². The molecule has 0 unspecified atom stereocenters. The Labute approximate surface area is 128 Å². The van der Waals surface area contributed by atoms with Gasteiger partial charge in [0.15, 0.2) is 0 Å². The maximum atomic E-state index is 11.7. The summed E-state index contributed by atoms with van der Waals surface area (Å²) in [6.07, 6.45) is 0. The van der Waals surface area contributed by atoms with E-state index in [1.807, 2.05) is 37.3 Å². The molecule has 21 heavy (non-hydrogen) atoms. The zero-order valence-electron chi connectivity index (χ0n) is 11.9. The number of anilines is 2. The first-order valence-corrected chi connectivity index (χ1v) is 6.86. The molecule has 4 nitrogen and oxygen atoms in total. The van der Waals surface area contributed by atoms with Crippen molar-refractivity contribution in [1.29, 1.82) is 0 Å². The van der Waals surface area contributed by atoms with Gasteiger partial charge >= 0.3 is 5.97 Å². The van der Waals surface area contributed by atoms with Gasteiger partial charge in [-0.15, -0.1) is 0 Å². The molecule has 0 bridgehead atoms. The monoisotopic (exact) mass is 304 g/mol. The minimum absolute atomic E-state index is 0.367. The van der Waals surface area contributed by atoms with Gasteiger partial charge in [0, 0.05) is 22.9 Å². The molecule has 0 aromatic heterocycles. The van der Waals surface area contributed by atoms with E-state index in [4.69, 9.17) is 22.1 Å². The van der Waals surface area contributed by atoms with E-state index in [1.54, 1.807) is 6.07 Å². The zero-order valence-corrected chi connectivity index (χ0v) is 12.7. The van der Waals surface area contributed by atoms with Gasteiger partial charge in [-0.3, -0.25) is 0 Å². The molecule has 110 valence electrons. The Morgan fingerprint density at radius 1 is 1.33 bits per heavy atom. The van der Waals surface area contributed by atoms with Gasteiger partial charge in [0.1, 0.15) is 0 Å². The lowest BCUT2D eigenvalue weighted by molar-refractivity contribution is 0.0602. The molecule has 2 rings (SSSR count). The van der Waals surface area contributed by atoms with Crippen LogP contribution in [0, 0.1) is 6.92 Å². The minimum Gasteiger partial charge on any atom is -0.465 e. The number of hydrogen-bond donors (Lipinski definition) is 2. The Morgan fingerprint density at radius 3 is 2.76 bits per heavy atom. The smallest absolute Gasteiger partial charge is 0.340 e. The van der Waals surface area contributed by atoms with E-state index < -0.39 is 5.97 Å². The average molecular weight is 305 g/mol. The van der Waals surface area contributed by atoms with Gasteiger partial charge in [0.25, 0.3) is 0 Å². The van der Waals surface area contributed by atoms with Gasteiger partial charge in [0.2, 0.25) is 0 Å². The van der Waals surface area contributed by atoms with Crippen molar-refractivity contribution in [2.45, 2.75) is 13.5 Å². The molecule has 0 atom stereocenters. The van der Waals surface area contributed by atoms with Gasteiger partial charge in [-0.2, -0.15) is 0 Å². The van der Waals surface area contributed by atoms with Crippen LogP contribution in [0.4, 0.5) is 11.4 Å². The maximum absolute atomic E-state index is 11.7.